The van der Waals surface area contributed by atoms with Crippen LogP contribution < -0.4 is 10.1 Å². The lowest BCUT2D eigenvalue weighted by atomic mass is 10.1. The van der Waals surface area contributed by atoms with Gasteiger partial charge in [0.15, 0.2) is 17.3 Å². The summed E-state index contributed by atoms with van der Waals surface area (Å²) in [6.45, 7) is 0. The Balaban J connectivity index is 1.85. The Kier molecular flexibility index (Phi) is 4.49. The second-order valence-corrected chi connectivity index (χ2v) is 7.09. The zero-order valence-corrected chi connectivity index (χ0v) is 15.2. The van der Waals surface area contributed by atoms with E-state index in [1.807, 2.05) is 10.6 Å². The molecule has 138 valence electrons. The van der Waals surface area contributed by atoms with Gasteiger partial charge >= 0.3 is 0 Å². The van der Waals surface area contributed by atoms with Crippen LogP contribution in [0.4, 0.5) is 10.2 Å². The highest BCUT2D eigenvalue weighted by atomic mass is 32.2. The number of imidazole rings is 1. The smallest absolute Gasteiger partial charge is 0.235 e. The number of rotatable bonds is 3. The molecule has 1 aliphatic heterocycles. The second kappa shape index (κ2) is 6.96. The number of benzene rings is 2. The summed E-state index contributed by atoms with van der Waals surface area (Å²) in [6.07, 6.45) is 1.60. The number of anilines is 1. The van der Waals surface area contributed by atoms with E-state index in [4.69, 9.17) is 4.74 Å². The number of aromatic hydroxyl groups is 1. The molecule has 27 heavy (non-hydrogen) atoms. The van der Waals surface area contributed by atoms with Crippen LogP contribution in [0.3, 0.4) is 0 Å². The molecular formula is C19H16FN3O3S. The third kappa shape index (κ3) is 3.23. The van der Waals surface area contributed by atoms with Gasteiger partial charge in [0.1, 0.15) is 12.1 Å². The molecule has 0 aliphatic carbocycles. The standard InChI is InChI=1S/C19H16FN3O3S/c1-26-15-7-2-11(8-14(15)24)18-17-19(22-16(25)9-27-18)21-10-23(17)13-5-3-12(20)4-6-13/h2-8,10,18,24H,9H2,1H3,(H,22,25). The summed E-state index contributed by atoms with van der Waals surface area (Å²) in [5, 5.41) is 12.7. The molecule has 2 heterocycles. The van der Waals surface area contributed by atoms with E-state index in [1.54, 1.807) is 30.6 Å². The first kappa shape index (κ1) is 17.4. The first-order valence-electron chi connectivity index (χ1n) is 8.18. The van der Waals surface area contributed by atoms with Crippen LogP contribution in [0.5, 0.6) is 11.5 Å². The molecule has 1 aliphatic rings. The second-order valence-electron chi connectivity index (χ2n) is 6.00. The maximum Gasteiger partial charge on any atom is 0.235 e. The molecule has 1 atom stereocenters. The van der Waals surface area contributed by atoms with Crippen molar-refractivity contribution < 1.29 is 19.0 Å². The zero-order valence-electron chi connectivity index (χ0n) is 14.3. The lowest BCUT2D eigenvalue weighted by Gasteiger charge is -2.19. The largest absolute Gasteiger partial charge is 0.504 e. The molecular weight excluding hydrogens is 369 g/mol. The Morgan fingerprint density at radius 1 is 1.30 bits per heavy atom. The van der Waals surface area contributed by atoms with Gasteiger partial charge in [0.2, 0.25) is 5.91 Å². The molecule has 2 N–H and O–H groups in total. The fraction of sp³-hybridized carbons (Fsp3) is 0.158. The van der Waals surface area contributed by atoms with E-state index >= 15 is 0 Å². The lowest BCUT2D eigenvalue weighted by Crippen LogP contribution is -2.12. The molecule has 8 heteroatoms. The van der Waals surface area contributed by atoms with Gasteiger partial charge in [-0.2, -0.15) is 0 Å². The number of nitrogens with one attached hydrogen (secondary N) is 1. The van der Waals surface area contributed by atoms with E-state index in [2.05, 4.69) is 10.3 Å². The Morgan fingerprint density at radius 3 is 2.78 bits per heavy atom. The summed E-state index contributed by atoms with van der Waals surface area (Å²) in [5.41, 5.74) is 2.28. The first-order valence-corrected chi connectivity index (χ1v) is 9.23. The van der Waals surface area contributed by atoms with Crippen molar-refractivity contribution in [1.29, 1.82) is 0 Å². The van der Waals surface area contributed by atoms with Gasteiger partial charge in [-0.25, -0.2) is 9.37 Å². The maximum atomic E-state index is 13.3. The predicted octanol–water partition coefficient (Wildman–Crippen LogP) is 3.50. The van der Waals surface area contributed by atoms with Gasteiger partial charge < -0.3 is 15.2 Å². The summed E-state index contributed by atoms with van der Waals surface area (Å²) < 4.78 is 20.2. The van der Waals surface area contributed by atoms with Crippen LogP contribution in [0.15, 0.2) is 48.8 Å². The van der Waals surface area contributed by atoms with Crippen molar-refractivity contribution in [2.24, 2.45) is 0 Å². The zero-order chi connectivity index (χ0) is 19.0. The molecule has 0 saturated heterocycles. The summed E-state index contributed by atoms with van der Waals surface area (Å²) in [6, 6.07) is 11.2. The molecule has 1 aromatic heterocycles. The lowest BCUT2D eigenvalue weighted by molar-refractivity contribution is -0.113. The van der Waals surface area contributed by atoms with Crippen LogP contribution >= 0.6 is 11.8 Å². The number of halogens is 1. The maximum absolute atomic E-state index is 13.3. The molecule has 0 spiro atoms. The van der Waals surface area contributed by atoms with E-state index in [1.165, 1.54) is 31.0 Å². The van der Waals surface area contributed by atoms with Gasteiger partial charge in [0.05, 0.1) is 23.8 Å². The highest BCUT2D eigenvalue weighted by Gasteiger charge is 2.29. The van der Waals surface area contributed by atoms with Crippen molar-refractivity contribution in [2.75, 3.05) is 18.2 Å². The monoisotopic (exact) mass is 385 g/mol. The number of carbonyl (C=O) groups excluding carboxylic acids is 1. The third-order valence-electron chi connectivity index (χ3n) is 4.30. The molecule has 0 radical (unpaired) electrons. The van der Waals surface area contributed by atoms with Gasteiger partial charge in [-0.3, -0.25) is 9.36 Å². The molecule has 0 saturated carbocycles. The van der Waals surface area contributed by atoms with Gasteiger partial charge in [-0.15, -0.1) is 11.8 Å². The van der Waals surface area contributed by atoms with Crippen LogP contribution in [-0.4, -0.2) is 33.4 Å². The highest BCUT2D eigenvalue weighted by Crippen LogP contribution is 2.43. The van der Waals surface area contributed by atoms with Gasteiger partial charge in [0.25, 0.3) is 0 Å². The van der Waals surface area contributed by atoms with Crippen LogP contribution in [-0.2, 0) is 4.79 Å². The number of phenols is 1. The molecule has 6 nitrogen and oxygen atoms in total. The predicted molar refractivity (Wildman–Crippen MR) is 101 cm³/mol. The summed E-state index contributed by atoms with van der Waals surface area (Å²) in [5.74, 6) is 0.620. The Morgan fingerprint density at radius 2 is 2.07 bits per heavy atom. The minimum atomic E-state index is -0.329. The Labute approximate surface area is 159 Å². The minimum Gasteiger partial charge on any atom is -0.504 e. The van der Waals surface area contributed by atoms with E-state index < -0.39 is 0 Å². The van der Waals surface area contributed by atoms with Gasteiger partial charge in [-0.1, -0.05) is 6.07 Å². The van der Waals surface area contributed by atoms with Crippen LogP contribution in [0.25, 0.3) is 5.69 Å². The molecule has 0 fully saturated rings. The average molecular weight is 385 g/mol. The number of amides is 1. The summed E-state index contributed by atoms with van der Waals surface area (Å²) >= 11 is 1.43. The van der Waals surface area contributed by atoms with Crippen molar-refractivity contribution in [3.05, 3.63) is 65.9 Å². The van der Waals surface area contributed by atoms with Crippen molar-refractivity contribution in [2.45, 2.75) is 5.25 Å². The Bertz CT molecular complexity index is 1000. The van der Waals surface area contributed by atoms with E-state index in [9.17, 15) is 14.3 Å². The number of carbonyl (C=O) groups is 1. The Hall–Kier alpha value is -3.00. The minimum absolute atomic E-state index is 0.0218. The number of ether oxygens (including phenoxy) is 1. The van der Waals surface area contributed by atoms with Crippen molar-refractivity contribution >= 4 is 23.5 Å². The molecule has 1 unspecified atom stereocenters. The topological polar surface area (TPSA) is 76.4 Å². The van der Waals surface area contributed by atoms with E-state index in [0.29, 0.717) is 11.6 Å². The number of thioether (sulfide) groups is 1. The van der Waals surface area contributed by atoms with Gasteiger partial charge in [0, 0.05) is 5.69 Å². The number of nitrogens with zero attached hydrogens (tertiary/aromatic N) is 2. The van der Waals surface area contributed by atoms with Crippen molar-refractivity contribution in [3.8, 4) is 17.2 Å². The third-order valence-corrected chi connectivity index (χ3v) is 5.56. The number of methoxy groups -OCH3 is 1. The fourth-order valence-electron chi connectivity index (χ4n) is 3.04. The van der Waals surface area contributed by atoms with E-state index in [0.717, 1.165) is 16.9 Å². The average Bonchev–Trinajstić information content (AvgIpc) is 2.98. The fourth-order valence-corrected chi connectivity index (χ4v) is 4.15. The highest BCUT2D eigenvalue weighted by molar-refractivity contribution is 8.00. The quantitative estimate of drug-likeness (QED) is 0.722. The number of phenolic OH excluding ortho intramolecular Hbond substituents is 1. The molecule has 1 amide bonds. The molecule has 3 aromatic rings. The SMILES string of the molecule is COc1ccc(C2SCC(=O)Nc3ncn(-c4ccc(F)cc4)c32)cc1O. The number of aromatic nitrogens is 2. The van der Waals surface area contributed by atoms with Crippen LogP contribution in [0.2, 0.25) is 0 Å². The van der Waals surface area contributed by atoms with Crippen LogP contribution in [0.1, 0.15) is 16.5 Å². The van der Waals surface area contributed by atoms with E-state index in [-0.39, 0.29) is 28.5 Å². The first-order chi connectivity index (χ1) is 13.1. The number of hydrogen-bond donors (Lipinski definition) is 2. The van der Waals surface area contributed by atoms with Crippen molar-refractivity contribution in [1.82, 2.24) is 9.55 Å². The summed E-state index contributed by atoms with van der Waals surface area (Å²) in [7, 11) is 1.49. The summed E-state index contributed by atoms with van der Waals surface area (Å²) in [4.78, 5) is 16.4. The van der Waals surface area contributed by atoms with Crippen molar-refractivity contribution in [3.63, 3.8) is 0 Å². The number of hydrogen-bond acceptors (Lipinski definition) is 5. The molecule has 2 aromatic carbocycles. The normalized spacial score (nSPS) is 16.4. The van der Waals surface area contributed by atoms with Crippen LogP contribution in [0, 0.1) is 5.82 Å². The molecule has 0 bridgehead atoms. The molecule has 4 rings (SSSR count). The number of fused-ring (bicyclic) bond motifs is 1. The van der Waals surface area contributed by atoms with Gasteiger partial charge in [-0.05, 0) is 42.0 Å².